The van der Waals surface area contributed by atoms with Gasteiger partial charge in [-0.15, -0.1) is 0 Å². The number of carbonyl (C=O) groups excluding carboxylic acids is 1. The highest BCUT2D eigenvalue weighted by molar-refractivity contribution is 5.80. The van der Waals surface area contributed by atoms with E-state index in [1.54, 1.807) is 0 Å². The van der Waals surface area contributed by atoms with Crippen molar-refractivity contribution in [2.24, 2.45) is 0 Å². The third-order valence-corrected chi connectivity index (χ3v) is 5.84. The van der Waals surface area contributed by atoms with Crippen LogP contribution in [0, 0.1) is 0 Å². The molecule has 2 unspecified atom stereocenters. The lowest BCUT2D eigenvalue weighted by molar-refractivity contribution is -0.126. The zero-order valence-electron chi connectivity index (χ0n) is 16.1. The predicted octanol–water partition coefficient (Wildman–Crippen LogP) is 3.01. The van der Waals surface area contributed by atoms with Crippen molar-refractivity contribution in [2.75, 3.05) is 40.4 Å². The van der Waals surface area contributed by atoms with Crippen LogP contribution in [0.2, 0.25) is 0 Å². The van der Waals surface area contributed by atoms with E-state index < -0.39 is 11.1 Å². The highest BCUT2D eigenvalue weighted by Gasteiger charge is 2.56. The fourth-order valence-electron chi connectivity index (χ4n) is 4.55. The van der Waals surface area contributed by atoms with Crippen LogP contribution in [-0.2, 0) is 15.1 Å². The third kappa shape index (κ3) is 3.07. The molecule has 1 aromatic rings. The largest absolute Gasteiger partial charge is 0.379 e. The van der Waals surface area contributed by atoms with Crippen molar-refractivity contribution < 1.29 is 9.53 Å². The maximum absolute atomic E-state index is 12.7. The smallest absolute Gasteiger partial charge is 0.134 e. The van der Waals surface area contributed by atoms with Crippen LogP contribution >= 0.6 is 0 Å². The molecule has 0 spiro atoms. The van der Waals surface area contributed by atoms with Crippen molar-refractivity contribution in [2.45, 2.75) is 30.8 Å². The third-order valence-electron chi connectivity index (χ3n) is 5.84. The molecule has 4 nitrogen and oxygen atoms in total. The van der Waals surface area contributed by atoms with Gasteiger partial charge in [-0.2, -0.15) is 0 Å². The Hall–Kier alpha value is -1.75. The molecule has 0 bridgehead atoms. The van der Waals surface area contributed by atoms with Crippen molar-refractivity contribution in [3.05, 3.63) is 60.2 Å². The molecule has 3 rings (SSSR count). The van der Waals surface area contributed by atoms with Gasteiger partial charge in [0.2, 0.25) is 0 Å². The second-order valence-corrected chi connectivity index (χ2v) is 7.34. The van der Waals surface area contributed by atoms with Crippen LogP contribution in [0.3, 0.4) is 0 Å². The van der Waals surface area contributed by atoms with Gasteiger partial charge in [-0.25, -0.2) is 0 Å². The first-order valence-corrected chi connectivity index (χ1v) is 9.51. The SMILES string of the molecule is CCC(=O)CC1(N2CCOCC2)C=CC=CC1(c1ccccc1)N(C)C. The van der Waals surface area contributed by atoms with E-state index in [0.29, 0.717) is 31.8 Å². The normalized spacial score (nSPS) is 29.2. The Morgan fingerprint density at radius 2 is 1.77 bits per heavy atom. The summed E-state index contributed by atoms with van der Waals surface area (Å²) in [6, 6.07) is 10.6. The first kappa shape index (κ1) is 19.0. The van der Waals surface area contributed by atoms with E-state index in [2.05, 4.69) is 72.5 Å². The number of likely N-dealkylation sites (N-methyl/N-ethyl adjacent to an activating group) is 1. The Kier molecular flexibility index (Phi) is 5.76. The lowest BCUT2D eigenvalue weighted by atomic mass is 9.65. The van der Waals surface area contributed by atoms with Crippen LogP contribution in [-0.4, -0.2) is 61.5 Å². The molecule has 140 valence electrons. The second kappa shape index (κ2) is 7.87. The zero-order chi connectivity index (χ0) is 18.6. The maximum Gasteiger partial charge on any atom is 0.134 e. The van der Waals surface area contributed by atoms with Gasteiger partial charge in [0, 0.05) is 25.9 Å². The minimum atomic E-state index is -0.427. The molecule has 1 aliphatic carbocycles. The monoisotopic (exact) mass is 354 g/mol. The van der Waals surface area contributed by atoms with E-state index in [1.807, 2.05) is 13.0 Å². The van der Waals surface area contributed by atoms with Gasteiger partial charge in [-0.05, 0) is 19.7 Å². The van der Waals surface area contributed by atoms with E-state index in [9.17, 15) is 4.79 Å². The first-order chi connectivity index (χ1) is 12.6. The number of benzene rings is 1. The van der Waals surface area contributed by atoms with Crippen LogP contribution in [0.1, 0.15) is 25.3 Å². The second-order valence-electron chi connectivity index (χ2n) is 7.34. The molecule has 2 aliphatic rings. The molecular formula is C22H30N2O2. The van der Waals surface area contributed by atoms with E-state index in [0.717, 1.165) is 13.1 Å². The summed E-state index contributed by atoms with van der Waals surface area (Å²) in [5, 5.41) is 0. The standard InChI is InChI=1S/C22H30N2O2/c1-4-20(25)18-21(24-14-16-26-17-15-24)12-8-9-13-22(21,23(2)3)19-10-6-5-7-11-19/h5-13H,4,14-18H2,1-3H3. The summed E-state index contributed by atoms with van der Waals surface area (Å²) in [6.45, 7) is 5.03. The summed E-state index contributed by atoms with van der Waals surface area (Å²) >= 11 is 0. The molecule has 0 N–H and O–H groups in total. The van der Waals surface area contributed by atoms with Crippen LogP contribution in [0.25, 0.3) is 0 Å². The molecule has 1 aliphatic heterocycles. The van der Waals surface area contributed by atoms with Crippen molar-refractivity contribution in [3.63, 3.8) is 0 Å². The highest BCUT2D eigenvalue weighted by Crippen LogP contribution is 2.48. The van der Waals surface area contributed by atoms with E-state index in [-0.39, 0.29) is 0 Å². The van der Waals surface area contributed by atoms with Gasteiger partial charge in [0.25, 0.3) is 0 Å². The molecule has 1 fully saturated rings. The van der Waals surface area contributed by atoms with Crippen molar-refractivity contribution in [3.8, 4) is 0 Å². The Bertz CT molecular complexity index is 677. The quantitative estimate of drug-likeness (QED) is 0.786. The lowest BCUT2D eigenvalue weighted by Gasteiger charge is -2.58. The van der Waals surface area contributed by atoms with Crippen LogP contribution in [0.15, 0.2) is 54.6 Å². The number of allylic oxidation sites excluding steroid dienone is 2. The number of nitrogens with zero attached hydrogens (tertiary/aromatic N) is 2. The maximum atomic E-state index is 12.7. The molecule has 0 radical (unpaired) electrons. The van der Waals surface area contributed by atoms with Crippen molar-refractivity contribution in [1.29, 1.82) is 0 Å². The van der Waals surface area contributed by atoms with E-state index >= 15 is 0 Å². The Labute approximate surface area is 157 Å². The fraction of sp³-hybridized carbons (Fsp3) is 0.500. The van der Waals surface area contributed by atoms with Crippen LogP contribution in [0.4, 0.5) is 0 Å². The number of hydrogen-bond donors (Lipinski definition) is 0. The lowest BCUT2D eigenvalue weighted by Crippen LogP contribution is -2.68. The number of hydrogen-bond acceptors (Lipinski definition) is 4. The van der Waals surface area contributed by atoms with Gasteiger partial charge < -0.3 is 4.74 Å². The highest BCUT2D eigenvalue weighted by atomic mass is 16.5. The number of ether oxygens (including phenoxy) is 1. The van der Waals surface area contributed by atoms with E-state index in [4.69, 9.17) is 4.74 Å². The van der Waals surface area contributed by atoms with Crippen LogP contribution < -0.4 is 0 Å². The fourth-order valence-corrected chi connectivity index (χ4v) is 4.55. The molecule has 0 aromatic heterocycles. The average molecular weight is 354 g/mol. The minimum absolute atomic E-state index is 0.290. The van der Waals surface area contributed by atoms with Crippen LogP contribution in [0.5, 0.6) is 0 Å². The topological polar surface area (TPSA) is 32.8 Å². The summed E-state index contributed by atoms with van der Waals surface area (Å²) in [6.07, 6.45) is 9.78. The summed E-state index contributed by atoms with van der Waals surface area (Å²) in [5.74, 6) is 0.290. The van der Waals surface area contributed by atoms with Crippen molar-refractivity contribution >= 4 is 5.78 Å². The predicted molar refractivity (Wildman–Crippen MR) is 105 cm³/mol. The number of rotatable bonds is 6. The molecule has 1 heterocycles. The molecule has 1 aromatic carbocycles. The van der Waals surface area contributed by atoms with Gasteiger partial charge in [-0.3, -0.25) is 14.6 Å². The molecule has 0 saturated carbocycles. The number of carbonyl (C=O) groups is 1. The zero-order valence-corrected chi connectivity index (χ0v) is 16.1. The first-order valence-electron chi connectivity index (χ1n) is 9.51. The van der Waals surface area contributed by atoms with E-state index in [1.165, 1.54) is 5.56 Å². The molecule has 2 atom stereocenters. The minimum Gasteiger partial charge on any atom is -0.379 e. The van der Waals surface area contributed by atoms with Gasteiger partial charge in [0.1, 0.15) is 5.78 Å². The van der Waals surface area contributed by atoms with Gasteiger partial charge >= 0.3 is 0 Å². The number of ketones is 1. The van der Waals surface area contributed by atoms with Crippen molar-refractivity contribution in [1.82, 2.24) is 9.80 Å². The molecule has 26 heavy (non-hydrogen) atoms. The average Bonchev–Trinajstić information content (AvgIpc) is 2.69. The molecular weight excluding hydrogens is 324 g/mol. The molecule has 1 saturated heterocycles. The number of morpholine rings is 1. The summed E-state index contributed by atoms with van der Waals surface area (Å²) in [5.41, 5.74) is 0.371. The Morgan fingerprint density at radius 3 is 2.38 bits per heavy atom. The summed E-state index contributed by atoms with van der Waals surface area (Å²) < 4.78 is 5.62. The van der Waals surface area contributed by atoms with Gasteiger partial charge in [0.15, 0.2) is 0 Å². The Balaban J connectivity index is 2.21. The molecule has 4 heteroatoms. The van der Waals surface area contributed by atoms with Gasteiger partial charge in [-0.1, -0.05) is 61.6 Å². The summed E-state index contributed by atoms with van der Waals surface area (Å²) in [7, 11) is 4.23. The molecule has 0 amide bonds. The van der Waals surface area contributed by atoms with Gasteiger partial charge in [0.05, 0.1) is 24.3 Å². The summed E-state index contributed by atoms with van der Waals surface area (Å²) in [4.78, 5) is 17.5. The number of Topliss-reactive ketones (excluding diaryl/α,β-unsaturated/α-hetero) is 1. The Morgan fingerprint density at radius 1 is 1.12 bits per heavy atom.